The lowest BCUT2D eigenvalue weighted by atomic mass is 9.96. The summed E-state index contributed by atoms with van der Waals surface area (Å²) in [6, 6.07) is 15.2. The zero-order valence-corrected chi connectivity index (χ0v) is 18.8. The van der Waals surface area contributed by atoms with Crippen LogP contribution in [-0.2, 0) is 9.53 Å². The molecular weight excluding hydrogens is 456 g/mol. The Morgan fingerprint density at radius 3 is 2.62 bits per heavy atom. The fraction of sp³-hybridized carbons (Fsp3) is 0.273. The number of likely N-dealkylation sites (N-methyl/N-ethyl adjacent to an activating group) is 1. The quantitative estimate of drug-likeness (QED) is 0.435. The summed E-state index contributed by atoms with van der Waals surface area (Å²) in [5, 5.41) is 1.35. The second kappa shape index (κ2) is 9.57. The largest absolute Gasteiger partial charge is 0.481 e. The van der Waals surface area contributed by atoms with Crippen molar-refractivity contribution in [2.75, 3.05) is 27.3 Å². The predicted octanol–water partition coefficient (Wildman–Crippen LogP) is 5.24. The number of benzene rings is 2. The SMILES string of the molecule is CCOC(=O)CN(C)C(c1ccccc1)c1c(OC)nc2ccc(Br)cc2c1Cl. The fourth-order valence-electron chi connectivity index (χ4n) is 3.36. The minimum absolute atomic E-state index is 0.101. The fourth-order valence-corrected chi connectivity index (χ4v) is 4.06. The number of ether oxygens (including phenoxy) is 2. The second-order valence-corrected chi connectivity index (χ2v) is 7.84. The monoisotopic (exact) mass is 476 g/mol. The van der Waals surface area contributed by atoms with Crippen molar-refractivity contribution in [1.82, 2.24) is 9.88 Å². The van der Waals surface area contributed by atoms with Crippen LogP contribution in [0.1, 0.15) is 24.1 Å². The van der Waals surface area contributed by atoms with E-state index in [1.54, 1.807) is 14.0 Å². The molecule has 1 atom stereocenters. The van der Waals surface area contributed by atoms with Gasteiger partial charge in [0.05, 0.1) is 42.4 Å². The maximum Gasteiger partial charge on any atom is 0.320 e. The molecule has 0 saturated heterocycles. The Morgan fingerprint density at radius 1 is 1.24 bits per heavy atom. The highest BCUT2D eigenvalue weighted by atomic mass is 79.9. The van der Waals surface area contributed by atoms with E-state index >= 15 is 0 Å². The molecule has 0 spiro atoms. The number of esters is 1. The Kier molecular flexibility index (Phi) is 7.11. The summed E-state index contributed by atoms with van der Waals surface area (Å²) < 4.78 is 11.7. The molecule has 0 aliphatic heterocycles. The van der Waals surface area contributed by atoms with Gasteiger partial charge in [-0.3, -0.25) is 9.69 Å². The molecule has 2 aromatic carbocycles. The molecule has 3 rings (SSSR count). The lowest BCUT2D eigenvalue weighted by molar-refractivity contribution is -0.144. The first-order valence-corrected chi connectivity index (χ1v) is 10.4. The van der Waals surface area contributed by atoms with Crippen molar-refractivity contribution >= 4 is 44.4 Å². The van der Waals surface area contributed by atoms with Crippen molar-refractivity contribution in [3.8, 4) is 5.88 Å². The first-order chi connectivity index (χ1) is 14.0. The smallest absolute Gasteiger partial charge is 0.320 e. The van der Waals surface area contributed by atoms with E-state index in [2.05, 4.69) is 20.9 Å². The number of hydrogen-bond acceptors (Lipinski definition) is 5. The number of hydrogen-bond donors (Lipinski definition) is 0. The zero-order chi connectivity index (χ0) is 21.0. The van der Waals surface area contributed by atoms with E-state index in [1.807, 2.05) is 60.5 Å². The summed E-state index contributed by atoms with van der Waals surface area (Å²) in [5.41, 5.74) is 2.41. The van der Waals surface area contributed by atoms with E-state index in [9.17, 15) is 4.79 Å². The average Bonchev–Trinajstić information content (AvgIpc) is 2.71. The Morgan fingerprint density at radius 2 is 1.97 bits per heavy atom. The van der Waals surface area contributed by atoms with Gasteiger partial charge in [0.25, 0.3) is 0 Å². The molecule has 0 aliphatic carbocycles. The number of nitrogens with zero attached hydrogens (tertiary/aromatic N) is 2. The van der Waals surface area contributed by atoms with Crippen molar-refractivity contribution < 1.29 is 14.3 Å². The third kappa shape index (κ3) is 4.71. The normalized spacial score (nSPS) is 12.2. The van der Waals surface area contributed by atoms with Crippen molar-refractivity contribution in [3.05, 3.63) is 69.2 Å². The summed E-state index contributed by atoms with van der Waals surface area (Å²) in [4.78, 5) is 18.7. The van der Waals surface area contributed by atoms with E-state index in [0.29, 0.717) is 23.1 Å². The number of aromatic nitrogens is 1. The zero-order valence-electron chi connectivity index (χ0n) is 16.5. The Balaban J connectivity index is 2.20. The third-order valence-electron chi connectivity index (χ3n) is 4.59. The summed E-state index contributed by atoms with van der Waals surface area (Å²) in [5.74, 6) is 0.122. The first kappa shape index (κ1) is 21.6. The number of methoxy groups -OCH3 is 1. The first-order valence-electron chi connectivity index (χ1n) is 9.19. The number of rotatable bonds is 7. The molecule has 29 heavy (non-hydrogen) atoms. The lowest BCUT2D eigenvalue weighted by Crippen LogP contribution is -2.32. The Labute approximate surface area is 183 Å². The lowest BCUT2D eigenvalue weighted by Gasteiger charge is -2.30. The van der Waals surface area contributed by atoms with Crippen LogP contribution in [0.5, 0.6) is 5.88 Å². The molecular formula is C22H22BrClN2O3. The Hall–Kier alpha value is -2.15. The van der Waals surface area contributed by atoms with E-state index in [0.717, 1.165) is 20.9 Å². The Bertz CT molecular complexity index is 1010. The van der Waals surface area contributed by atoms with Gasteiger partial charge in [0.2, 0.25) is 5.88 Å². The highest BCUT2D eigenvalue weighted by molar-refractivity contribution is 9.10. The second-order valence-electron chi connectivity index (χ2n) is 6.54. The van der Waals surface area contributed by atoms with Crippen molar-refractivity contribution in [1.29, 1.82) is 0 Å². The van der Waals surface area contributed by atoms with Gasteiger partial charge in [-0.25, -0.2) is 4.98 Å². The van der Waals surface area contributed by atoms with Crippen LogP contribution in [0.3, 0.4) is 0 Å². The van der Waals surface area contributed by atoms with Crippen LogP contribution < -0.4 is 4.74 Å². The average molecular weight is 478 g/mol. The highest BCUT2D eigenvalue weighted by Gasteiger charge is 2.29. The van der Waals surface area contributed by atoms with Crippen molar-refractivity contribution in [3.63, 3.8) is 0 Å². The number of carbonyl (C=O) groups excluding carboxylic acids is 1. The number of fused-ring (bicyclic) bond motifs is 1. The molecule has 0 fully saturated rings. The molecule has 152 valence electrons. The molecule has 3 aromatic rings. The van der Waals surface area contributed by atoms with Crippen LogP contribution in [0.25, 0.3) is 10.9 Å². The van der Waals surface area contributed by atoms with Gasteiger partial charge in [-0.1, -0.05) is 57.9 Å². The topological polar surface area (TPSA) is 51.7 Å². The molecule has 0 N–H and O–H groups in total. The van der Waals surface area contributed by atoms with Gasteiger partial charge in [-0.05, 0) is 37.7 Å². The molecule has 0 bridgehead atoms. The van der Waals surface area contributed by atoms with Gasteiger partial charge in [0.1, 0.15) is 0 Å². The van der Waals surface area contributed by atoms with E-state index in [4.69, 9.17) is 21.1 Å². The van der Waals surface area contributed by atoms with Crippen molar-refractivity contribution in [2.24, 2.45) is 0 Å². The van der Waals surface area contributed by atoms with Crippen LogP contribution in [0.2, 0.25) is 5.02 Å². The molecule has 1 unspecified atom stereocenters. The van der Waals surface area contributed by atoms with Crippen LogP contribution >= 0.6 is 27.5 Å². The van der Waals surface area contributed by atoms with Gasteiger partial charge in [-0.15, -0.1) is 0 Å². The van der Waals surface area contributed by atoms with Crippen LogP contribution in [-0.4, -0.2) is 43.2 Å². The van der Waals surface area contributed by atoms with Crippen LogP contribution in [0.15, 0.2) is 53.0 Å². The summed E-state index contributed by atoms with van der Waals surface area (Å²) >= 11 is 10.4. The molecule has 0 radical (unpaired) electrons. The minimum Gasteiger partial charge on any atom is -0.481 e. The predicted molar refractivity (Wildman–Crippen MR) is 119 cm³/mol. The summed E-state index contributed by atoms with van der Waals surface area (Å²) in [6.45, 7) is 2.22. The van der Waals surface area contributed by atoms with Gasteiger partial charge >= 0.3 is 5.97 Å². The van der Waals surface area contributed by atoms with Gasteiger partial charge in [-0.2, -0.15) is 0 Å². The summed E-state index contributed by atoms with van der Waals surface area (Å²) in [7, 11) is 3.43. The van der Waals surface area contributed by atoms with E-state index in [-0.39, 0.29) is 18.6 Å². The minimum atomic E-state index is -0.348. The molecule has 1 aromatic heterocycles. The molecule has 0 aliphatic rings. The highest BCUT2D eigenvalue weighted by Crippen LogP contribution is 2.41. The molecule has 0 amide bonds. The maximum atomic E-state index is 12.2. The number of pyridine rings is 1. The molecule has 5 nitrogen and oxygen atoms in total. The van der Waals surface area contributed by atoms with Gasteiger partial charge < -0.3 is 9.47 Å². The van der Waals surface area contributed by atoms with Gasteiger partial charge in [0.15, 0.2) is 0 Å². The van der Waals surface area contributed by atoms with Crippen molar-refractivity contribution in [2.45, 2.75) is 13.0 Å². The standard InChI is InChI=1S/C22H22BrClN2O3/c1-4-29-18(27)13-26(2)21(14-8-6-5-7-9-14)19-20(24)16-12-15(23)10-11-17(16)25-22(19)28-3/h5-12,21H,4,13H2,1-3H3. The van der Waals surface area contributed by atoms with E-state index < -0.39 is 0 Å². The van der Waals surface area contributed by atoms with Gasteiger partial charge in [0, 0.05) is 9.86 Å². The van der Waals surface area contributed by atoms with Crippen LogP contribution in [0.4, 0.5) is 0 Å². The number of carbonyl (C=O) groups is 1. The molecule has 0 saturated carbocycles. The van der Waals surface area contributed by atoms with Crippen LogP contribution in [0, 0.1) is 0 Å². The molecule has 1 heterocycles. The summed E-state index contributed by atoms with van der Waals surface area (Å²) in [6.07, 6.45) is 0. The third-order valence-corrected chi connectivity index (χ3v) is 5.49. The number of halogens is 2. The molecule has 7 heteroatoms. The maximum absolute atomic E-state index is 12.2. The van der Waals surface area contributed by atoms with E-state index in [1.165, 1.54) is 0 Å².